The molecule has 0 aliphatic rings. The maximum atomic E-state index is 11.6. The van der Waals surface area contributed by atoms with E-state index in [2.05, 4.69) is 18.5 Å². The molecule has 0 rings (SSSR count). The molecule has 0 saturated carbocycles. The zero-order valence-corrected chi connectivity index (χ0v) is 13.7. The summed E-state index contributed by atoms with van der Waals surface area (Å²) in [5.41, 5.74) is 0.319. The first kappa shape index (κ1) is 19.9. The van der Waals surface area contributed by atoms with Gasteiger partial charge in [-0.2, -0.15) is 0 Å². The first-order chi connectivity index (χ1) is 10.5. The van der Waals surface area contributed by atoms with E-state index in [1.165, 1.54) is 0 Å². The smallest absolute Gasteiger partial charge is 0.333 e. The Hall–Kier alpha value is -2.11. The number of carbonyl (C=O) groups is 2. The van der Waals surface area contributed by atoms with Crippen LogP contribution in [-0.2, 0) is 19.1 Å². The summed E-state index contributed by atoms with van der Waals surface area (Å²) in [5.74, 6) is -0.827. The molecular formula is C16H26N2O4. The predicted octanol–water partition coefficient (Wildman–Crippen LogP) is 2.31. The molecule has 0 spiro atoms. The molecule has 6 heteroatoms. The summed E-state index contributed by atoms with van der Waals surface area (Å²) in [4.78, 5) is 28.8. The van der Waals surface area contributed by atoms with E-state index in [1.54, 1.807) is 13.3 Å². The van der Waals surface area contributed by atoms with Crippen LogP contribution in [0.25, 0.3) is 0 Å². The van der Waals surface area contributed by atoms with Gasteiger partial charge in [-0.15, -0.1) is 0 Å². The molecule has 0 radical (unpaired) electrons. The van der Waals surface area contributed by atoms with Gasteiger partial charge in [0.05, 0.1) is 12.8 Å². The quantitative estimate of drug-likeness (QED) is 0.193. The van der Waals surface area contributed by atoms with Crippen LogP contribution in [0, 0.1) is 0 Å². The standard InChI is InChI=1S/C16H26N2O4/c1-5-8-17-13-18(9-6-2)10-7-15(19)21-11-12-22-16(20)14(3)4/h6,9,13H,3,5,7-8,10-12H2,1-2,4H3/b9-6-,17-13?. The van der Waals surface area contributed by atoms with Gasteiger partial charge in [0.2, 0.25) is 0 Å². The molecule has 0 amide bonds. The topological polar surface area (TPSA) is 68.2 Å². The minimum absolute atomic E-state index is 0.0357. The molecule has 0 saturated heterocycles. The SMILES string of the molecule is C=C(C)C(=O)OCCOC(=O)CCN(C=NCCC)/C=C\C. The van der Waals surface area contributed by atoms with Gasteiger partial charge in [-0.25, -0.2) is 4.79 Å². The van der Waals surface area contributed by atoms with Crippen molar-refractivity contribution in [1.82, 2.24) is 4.90 Å². The van der Waals surface area contributed by atoms with Crippen LogP contribution in [0.4, 0.5) is 0 Å². The van der Waals surface area contributed by atoms with E-state index in [4.69, 9.17) is 9.47 Å². The molecule has 0 aromatic heterocycles. The van der Waals surface area contributed by atoms with Crippen LogP contribution in [0.1, 0.15) is 33.6 Å². The van der Waals surface area contributed by atoms with E-state index in [0.29, 0.717) is 12.1 Å². The normalized spacial score (nSPS) is 10.9. The molecule has 0 fully saturated rings. The molecule has 0 aromatic carbocycles. The summed E-state index contributed by atoms with van der Waals surface area (Å²) in [7, 11) is 0. The van der Waals surface area contributed by atoms with Gasteiger partial charge in [-0.1, -0.05) is 19.6 Å². The van der Waals surface area contributed by atoms with Crippen molar-refractivity contribution in [2.75, 3.05) is 26.3 Å². The van der Waals surface area contributed by atoms with Crippen molar-refractivity contribution >= 4 is 18.3 Å². The largest absolute Gasteiger partial charge is 0.462 e. The summed E-state index contributed by atoms with van der Waals surface area (Å²) in [5, 5.41) is 0. The molecule has 0 aliphatic heterocycles. The third-order valence-electron chi connectivity index (χ3n) is 2.43. The Bertz CT molecular complexity index is 416. The lowest BCUT2D eigenvalue weighted by Gasteiger charge is -2.14. The summed E-state index contributed by atoms with van der Waals surface area (Å²) >= 11 is 0. The second-order valence-electron chi connectivity index (χ2n) is 4.63. The van der Waals surface area contributed by atoms with Crippen molar-refractivity contribution in [1.29, 1.82) is 0 Å². The molecule has 6 nitrogen and oxygen atoms in total. The van der Waals surface area contributed by atoms with Gasteiger partial charge in [0.15, 0.2) is 0 Å². The maximum Gasteiger partial charge on any atom is 0.333 e. The molecule has 22 heavy (non-hydrogen) atoms. The maximum absolute atomic E-state index is 11.6. The Morgan fingerprint density at radius 3 is 2.55 bits per heavy atom. The molecule has 0 N–H and O–H groups in total. The van der Waals surface area contributed by atoms with E-state index in [-0.39, 0.29) is 25.6 Å². The lowest BCUT2D eigenvalue weighted by Crippen LogP contribution is -2.21. The van der Waals surface area contributed by atoms with E-state index < -0.39 is 5.97 Å². The lowest BCUT2D eigenvalue weighted by atomic mass is 10.4. The van der Waals surface area contributed by atoms with Crippen LogP contribution >= 0.6 is 0 Å². The number of hydrogen-bond donors (Lipinski definition) is 0. The molecular weight excluding hydrogens is 284 g/mol. The summed E-state index contributed by atoms with van der Waals surface area (Å²) in [6.07, 6.45) is 6.65. The van der Waals surface area contributed by atoms with Crippen LogP contribution in [-0.4, -0.2) is 49.5 Å². The van der Waals surface area contributed by atoms with Crippen LogP contribution in [0.3, 0.4) is 0 Å². The van der Waals surface area contributed by atoms with Crippen LogP contribution in [0.2, 0.25) is 0 Å². The number of ether oxygens (including phenoxy) is 2. The van der Waals surface area contributed by atoms with Gasteiger partial charge in [0.1, 0.15) is 13.2 Å². The molecule has 0 bridgehead atoms. The van der Waals surface area contributed by atoms with Gasteiger partial charge in [-0.05, 0) is 20.3 Å². The van der Waals surface area contributed by atoms with E-state index in [9.17, 15) is 9.59 Å². The highest BCUT2D eigenvalue weighted by Gasteiger charge is 2.07. The van der Waals surface area contributed by atoms with Crippen molar-refractivity contribution in [3.63, 3.8) is 0 Å². The highest BCUT2D eigenvalue weighted by atomic mass is 16.6. The fourth-order valence-corrected chi connectivity index (χ4v) is 1.36. The molecule has 0 unspecified atom stereocenters. The first-order valence-corrected chi connectivity index (χ1v) is 7.38. The molecule has 0 aromatic rings. The Kier molecular flexibility index (Phi) is 11.4. The van der Waals surface area contributed by atoms with Gasteiger partial charge in [-0.3, -0.25) is 9.79 Å². The van der Waals surface area contributed by atoms with Crippen molar-refractivity contribution in [3.05, 3.63) is 24.4 Å². The van der Waals surface area contributed by atoms with E-state index >= 15 is 0 Å². The molecule has 0 aliphatic carbocycles. The third kappa shape index (κ3) is 10.7. The minimum atomic E-state index is -0.484. The molecule has 124 valence electrons. The van der Waals surface area contributed by atoms with Crippen LogP contribution in [0.15, 0.2) is 29.4 Å². The van der Waals surface area contributed by atoms with Crippen molar-refractivity contribution in [2.45, 2.75) is 33.6 Å². The van der Waals surface area contributed by atoms with Crippen molar-refractivity contribution in [3.8, 4) is 0 Å². The lowest BCUT2D eigenvalue weighted by molar-refractivity contribution is -0.150. The monoisotopic (exact) mass is 310 g/mol. The number of nitrogens with zero attached hydrogens (tertiary/aromatic N) is 2. The second-order valence-corrected chi connectivity index (χ2v) is 4.63. The summed E-state index contributed by atoms with van der Waals surface area (Å²) in [6, 6.07) is 0. The van der Waals surface area contributed by atoms with Gasteiger partial charge in [0.25, 0.3) is 0 Å². The van der Waals surface area contributed by atoms with Crippen LogP contribution < -0.4 is 0 Å². The predicted molar refractivity (Wildman–Crippen MR) is 86.5 cm³/mol. The Morgan fingerprint density at radius 1 is 1.27 bits per heavy atom. The van der Waals surface area contributed by atoms with Crippen LogP contribution in [0.5, 0.6) is 0 Å². The highest BCUT2D eigenvalue weighted by Crippen LogP contribution is 1.96. The Morgan fingerprint density at radius 2 is 1.95 bits per heavy atom. The number of esters is 2. The number of rotatable bonds is 11. The number of aliphatic imine (C=N–C) groups is 1. The number of allylic oxidation sites excluding steroid dienone is 1. The summed E-state index contributed by atoms with van der Waals surface area (Å²) < 4.78 is 9.81. The molecule has 0 atom stereocenters. The summed E-state index contributed by atoms with van der Waals surface area (Å²) in [6.45, 7) is 10.3. The van der Waals surface area contributed by atoms with E-state index in [0.717, 1.165) is 13.0 Å². The Balaban J connectivity index is 3.94. The van der Waals surface area contributed by atoms with Crippen molar-refractivity contribution < 1.29 is 19.1 Å². The highest BCUT2D eigenvalue weighted by molar-refractivity contribution is 5.86. The van der Waals surface area contributed by atoms with Crippen molar-refractivity contribution in [2.24, 2.45) is 4.99 Å². The average molecular weight is 310 g/mol. The number of carbonyl (C=O) groups excluding carboxylic acids is 2. The Labute approximate surface area is 132 Å². The second kappa shape index (κ2) is 12.6. The van der Waals surface area contributed by atoms with E-state index in [1.807, 2.05) is 24.1 Å². The minimum Gasteiger partial charge on any atom is -0.462 e. The molecule has 0 heterocycles. The fraction of sp³-hybridized carbons (Fsp3) is 0.562. The van der Waals surface area contributed by atoms with Gasteiger partial charge in [0, 0.05) is 24.9 Å². The van der Waals surface area contributed by atoms with Gasteiger partial charge >= 0.3 is 11.9 Å². The zero-order chi connectivity index (χ0) is 16.8. The average Bonchev–Trinajstić information content (AvgIpc) is 2.49. The first-order valence-electron chi connectivity index (χ1n) is 7.38. The fourth-order valence-electron chi connectivity index (χ4n) is 1.36. The number of hydrogen-bond acceptors (Lipinski definition) is 5. The third-order valence-corrected chi connectivity index (χ3v) is 2.43. The zero-order valence-electron chi connectivity index (χ0n) is 13.7. The van der Waals surface area contributed by atoms with Gasteiger partial charge < -0.3 is 14.4 Å².